The second-order valence-electron chi connectivity index (χ2n) is 14.5. The van der Waals surface area contributed by atoms with Crippen LogP contribution in [-0.4, -0.2) is 46.9 Å². The van der Waals surface area contributed by atoms with Crippen molar-refractivity contribution in [3.05, 3.63) is 60.8 Å². The molecule has 0 rings (SSSR count). The van der Waals surface area contributed by atoms with Gasteiger partial charge in [0.25, 0.3) is 0 Å². The number of carbonyl (C=O) groups excluding carboxylic acids is 2. The summed E-state index contributed by atoms with van der Waals surface area (Å²) in [6.07, 6.45) is 47.3. The molecular weight excluding hydrogens is 647 g/mol. The van der Waals surface area contributed by atoms with Crippen molar-refractivity contribution in [1.29, 1.82) is 0 Å². The van der Waals surface area contributed by atoms with Gasteiger partial charge in [-0.25, -0.2) is 0 Å². The minimum atomic E-state index is -0.815. The quantitative estimate of drug-likeness (QED) is 0.0336. The van der Waals surface area contributed by atoms with Crippen molar-refractivity contribution in [2.75, 3.05) is 6.61 Å². The van der Waals surface area contributed by atoms with Gasteiger partial charge in [-0.15, -0.1) is 0 Å². The molecule has 0 heterocycles. The van der Waals surface area contributed by atoms with Gasteiger partial charge in [0.2, 0.25) is 5.91 Å². The van der Waals surface area contributed by atoms with E-state index in [0.29, 0.717) is 19.3 Å². The zero-order valence-electron chi connectivity index (χ0n) is 33.9. The Hall–Kier alpha value is -2.44. The van der Waals surface area contributed by atoms with Crippen LogP contribution in [0.2, 0.25) is 0 Å². The molecule has 0 aliphatic carbocycles. The first-order valence-electron chi connectivity index (χ1n) is 21.6. The zero-order valence-corrected chi connectivity index (χ0v) is 33.9. The molecule has 0 aromatic carbocycles. The van der Waals surface area contributed by atoms with Crippen molar-refractivity contribution in [3.63, 3.8) is 0 Å². The number of allylic oxidation sites excluding steroid dienone is 9. The molecule has 6 heteroatoms. The predicted octanol–water partition coefficient (Wildman–Crippen LogP) is 12.1. The van der Waals surface area contributed by atoms with Crippen molar-refractivity contribution in [3.8, 4) is 0 Å². The summed E-state index contributed by atoms with van der Waals surface area (Å²) in [5.41, 5.74) is 0. The Morgan fingerprint density at radius 3 is 1.46 bits per heavy atom. The first-order chi connectivity index (χ1) is 25.5. The van der Waals surface area contributed by atoms with E-state index in [1.807, 2.05) is 54.7 Å². The fourth-order valence-corrected chi connectivity index (χ4v) is 6.21. The molecule has 300 valence electrons. The van der Waals surface area contributed by atoms with Crippen molar-refractivity contribution >= 4 is 11.9 Å². The molecule has 0 bridgehead atoms. The van der Waals surface area contributed by atoms with Gasteiger partial charge < -0.3 is 20.3 Å². The third kappa shape index (κ3) is 34.6. The van der Waals surface area contributed by atoms with Crippen LogP contribution < -0.4 is 5.32 Å². The van der Waals surface area contributed by atoms with E-state index in [0.717, 1.165) is 44.9 Å². The standard InChI is InChI=1S/C46H81NO5/c1-4-7-10-13-16-19-21-22-24-27-29-32-35-38-44(49)43(41-48)47-45(50)40-42(37-34-31-28-26-23-20-17-14-11-8-5-2)52-46(51)39-36-33-30-25-18-15-12-9-6-3/h8,11,14,17,20,23,26,28,31,34,42-44,48-49H,4-7,9-10,12-13,15-16,18-19,21-22,24-25,27,29-30,32-33,35-41H2,1-3H3,(H,47,50)/b11-8+,17-14+,23-20-,28-26-,34-31+. The second-order valence-corrected chi connectivity index (χ2v) is 14.5. The molecule has 0 aliphatic rings. The average molecular weight is 728 g/mol. The topological polar surface area (TPSA) is 95.9 Å². The lowest BCUT2D eigenvalue weighted by atomic mass is 10.0. The van der Waals surface area contributed by atoms with Gasteiger partial charge >= 0.3 is 5.97 Å². The SMILES string of the molecule is CC/C=C/C=C/C=C\C=C/C=C/CC(CC(=O)NC(CO)C(O)CCCCCCCCCCCCCCC)OC(=O)CCCCCCCCCCC. The summed E-state index contributed by atoms with van der Waals surface area (Å²) in [5.74, 6) is -0.613. The molecule has 0 saturated carbocycles. The molecule has 3 N–H and O–H groups in total. The maximum absolute atomic E-state index is 13.0. The molecule has 0 spiro atoms. The van der Waals surface area contributed by atoms with Crippen LogP contribution in [0.3, 0.4) is 0 Å². The molecule has 3 atom stereocenters. The first-order valence-corrected chi connectivity index (χ1v) is 21.6. The van der Waals surface area contributed by atoms with Crippen LogP contribution in [0.5, 0.6) is 0 Å². The van der Waals surface area contributed by atoms with Crippen LogP contribution in [0.1, 0.15) is 194 Å². The number of rotatable bonds is 37. The van der Waals surface area contributed by atoms with Crippen molar-refractivity contribution in [2.45, 2.75) is 212 Å². The molecule has 3 unspecified atom stereocenters. The number of ether oxygens (including phenoxy) is 1. The van der Waals surface area contributed by atoms with Gasteiger partial charge in [-0.1, -0.05) is 216 Å². The van der Waals surface area contributed by atoms with Crippen molar-refractivity contribution < 1.29 is 24.5 Å². The Bertz CT molecular complexity index is 952. The van der Waals surface area contributed by atoms with E-state index in [2.05, 4.69) is 32.2 Å². The van der Waals surface area contributed by atoms with Gasteiger partial charge in [0, 0.05) is 12.8 Å². The number of unbranched alkanes of at least 4 members (excludes halogenated alkanes) is 20. The summed E-state index contributed by atoms with van der Waals surface area (Å²) in [6.45, 7) is 6.25. The van der Waals surface area contributed by atoms with Crippen molar-refractivity contribution in [1.82, 2.24) is 5.32 Å². The third-order valence-electron chi connectivity index (χ3n) is 9.49. The Labute approximate surface area is 320 Å². The Kier molecular flexibility index (Phi) is 37.9. The van der Waals surface area contributed by atoms with Gasteiger partial charge in [0.05, 0.1) is 25.2 Å². The van der Waals surface area contributed by atoms with Crippen LogP contribution in [-0.2, 0) is 14.3 Å². The van der Waals surface area contributed by atoms with Gasteiger partial charge in [-0.2, -0.15) is 0 Å². The molecule has 0 aromatic heterocycles. The Balaban J connectivity index is 4.71. The highest BCUT2D eigenvalue weighted by atomic mass is 16.5. The van der Waals surface area contributed by atoms with Gasteiger partial charge in [0.1, 0.15) is 6.10 Å². The van der Waals surface area contributed by atoms with Crippen LogP contribution in [0, 0.1) is 0 Å². The summed E-state index contributed by atoms with van der Waals surface area (Å²) in [6, 6.07) is -0.736. The summed E-state index contributed by atoms with van der Waals surface area (Å²) in [5, 5.41) is 23.5. The van der Waals surface area contributed by atoms with Crippen LogP contribution in [0.4, 0.5) is 0 Å². The van der Waals surface area contributed by atoms with Gasteiger partial charge in [-0.05, 0) is 19.3 Å². The van der Waals surface area contributed by atoms with E-state index in [-0.39, 0.29) is 24.9 Å². The highest BCUT2D eigenvalue weighted by Gasteiger charge is 2.23. The molecule has 52 heavy (non-hydrogen) atoms. The number of aliphatic hydroxyl groups excluding tert-OH is 2. The fraction of sp³-hybridized carbons (Fsp3) is 0.739. The zero-order chi connectivity index (χ0) is 38.2. The van der Waals surface area contributed by atoms with Crippen LogP contribution in [0.15, 0.2) is 60.8 Å². The minimum Gasteiger partial charge on any atom is -0.461 e. The van der Waals surface area contributed by atoms with Crippen molar-refractivity contribution in [2.24, 2.45) is 0 Å². The summed E-state index contributed by atoms with van der Waals surface area (Å²) >= 11 is 0. The minimum absolute atomic E-state index is 0.0184. The second kappa shape index (κ2) is 39.8. The molecule has 1 amide bonds. The molecule has 0 saturated heterocycles. The smallest absolute Gasteiger partial charge is 0.306 e. The van der Waals surface area contributed by atoms with E-state index in [1.54, 1.807) is 0 Å². The number of amides is 1. The van der Waals surface area contributed by atoms with E-state index in [9.17, 15) is 19.8 Å². The average Bonchev–Trinajstić information content (AvgIpc) is 3.13. The number of carbonyl (C=O) groups is 2. The van der Waals surface area contributed by atoms with E-state index in [4.69, 9.17) is 4.74 Å². The van der Waals surface area contributed by atoms with E-state index >= 15 is 0 Å². The lowest BCUT2D eigenvalue weighted by Gasteiger charge is -2.24. The maximum atomic E-state index is 13.0. The molecule has 0 radical (unpaired) electrons. The lowest BCUT2D eigenvalue weighted by molar-refractivity contribution is -0.150. The third-order valence-corrected chi connectivity index (χ3v) is 9.49. The maximum Gasteiger partial charge on any atom is 0.306 e. The summed E-state index contributed by atoms with van der Waals surface area (Å²) < 4.78 is 5.78. The molecule has 6 nitrogen and oxygen atoms in total. The van der Waals surface area contributed by atoms with Gasteiger partial charge in [0.15, 0.2) is 0 Å². The van der Waals surface area contributed by atoms with E-state index in [1.165, 1.54) is 103 Å². The normalized spacial score (nSPS) is 14.0. The van der Waals surface area contributed by atoms with E-state index < -0.39 is 18.2 Å². The number of esters is 1. The highest BCUT2D eigenvalue weighted by molar-refractivity contribution is 5.77. The summed E-state index contributed by atoms with van der Waals surface area (Å²) in [7, 11) is 0. The van der Waals surface area contributed by atoms with Crippen LogP contribution >= 0.6 is 0 Å². The Morgan fingerprint density at radius 1 is 0.577 bits per heavy atom. The number of aliphatic hydroxyl groups is 2. The molecule has 0 fully saturated rings. The summed E-state index contributed by atoms with van der Waals surface area (Å²) in [4.78, 5) is 25.8. The largest absolute Gasteiger partial charge is 0.461 e. The number of hydrogen-bond donors (Lipinski definition) is 3. The van der Waals surface area contributed by atoms with Crippen LogP contribution in [0.25, 0.3) is 0 Å². The molecular formula is C46H81NO5. The predicted molar refractivity (Wildman–Crippen MR) is 222 cm³/mol. The fourth-order valence-electron chi connectivity index (χ4n) is 6.21. The molecule has 0 aliphatic heterocycles. The lowest BCUT2D eigenvalue weighted by Crippen LogP contribution is -2.46. The highest BCUT2D eigenvalue weighted by Crippen LogP contribution is 2.16. The monoisotopic (exact) mass is 728 g/mol. The molecule has 0 aromatic rings. The van der Waals surface area contributed by atoms with Gasteiger partial charge in [-0.3, -0.25) is 9.59 Å². The first kappa shape index (κ1) is 49.6. The number of nitrogens with one attached hydrogen (secondary N) is 1. The Morgan fingerprint density at radius 2 is 1.00 bits per heavy atom. The number of hydrogen-bond acceptors (Lipinski definition) is 5.